The average Bonchev–Trinajstić information content (AvgIpc) is 2.60. The van der Waals surface area contributed by atoms with Crippen molar-refractivity contribution in [1.29, 1.82) is 0 Å². The molecular weight excluding hydrogens is 284 g/mol. The van der Waals surface area contributed by atoms with E-state index in [1.807, 2.05) is 19.1 Å². The third-order valence-electron chi connectivity index (χ3n) is 3.91. The summed E-state index contributed by atoms with van der Waals surface area (Å²) in [5.74, 6) is 0.893. The average molecular weight is 312 g/mol. The Labute approximate surface area is 140 Å². The molecule has 0 spiro atoms. The summed E-state index contributed by atoms with van der Waals surface area (Å²) in [6, 6.07) is 17.2. The first-order chi connectivity index (χ1) is 11.3. The van der Waals surface area contributed by atoms with Crippen molar-refractivity contribution >= 4 is 0 Å². The van der Waals surface area contributed by atoms with Crippen molar-refractivity contribution in [2.45, 2.75) is 39.5 Å². The van der Waals surface area contributed by atoms with Crippen molar-refractivity contribution in [1.82, 2.24) is 0 Å². The van der Waals surface area contributed by atoms with Gasteiger partial charge in [0.1, 0.15) is 12.4 Å². The van der Waals surface area contributed by atoms with Crippen LogP contribution in [0.1, 0.15) is 38.7 Å². The lowest BCUT2D eigenvalue weighted by Gasteiger charge is -2.08. The minimum Gasteiger partial charge on any atom is -0.491 e. The number of unbranched alkanes of at least 4 members (excludes halogenated alkanes) is 2. The topological polar surface area (TPSA) is 18.5 Å². The van der Waals surface area contributed by atoms with E-state index in [1.54, 1.807) is 0 Å². The molecule has 0 fully saturated rings. The van der Waals surface area contributed by atoms with Gasteiger partial charge in [0.2, 0.25) is 0 Å². The van der Waals surface area contributed by atoms with E-state index in [2.05, 4.69) is 43.3 Å². The predicted molar refractivity (Wildman–Crippen MR) is 97.1 cm³/mol. The number of benzene rings is 2. The summed E-state index contributed by atoms with van der Waals surface area (Å²) in [6.07, 6.45) is 5.05. The van der Waals surface area contributed by atoms with E-state index in [1.165, 1.54) is 42.4 Å². The number of hydrogen-bond acceptors (Lipinski definition) is 2. The van der Waals surface area contributed by atoms with Gasteiger partial charge in [-0.25, -0.2) is 0 Å². The maximum atomic E-state index is 5.65. The lowest BCUT2D eigenvalue weighted by molar-refractivity contribution is 0.110. The van der Waals surface area contributed by atoms with Gasteiger partial charge in [0.25, 0.3) is 0 Å². The van der Waals surface area contributed by atoms with E-state index in [4.69, 9.17) is 9.47 Å². The minimum atomic E-state index is 0.597. The number of rotatable bonds is 10. The molecule has 2 heteroatoms. The van der Waals surface area contributed by atoms with Crippen LogP contribution in [0.15, 0.2) is 48.5 Å². The quantitative estimate of drug-likeness (QED) is 0.539. The number of aryl methyl sites for hydroxylation is 1. The first kappa shape index (κ1) is 17.6. The summed E-state index contributed by atoms with van der Waals surface area (Å²) in [5, 5.41) is 0. The normalized spacial score (nSPS) is 10.7. The second-order valence-corrected chi connectivity index (χ2v) is 5.72. The third kappa shape index (κ3) is 6.07. The van der Waals surface area contributed by atoms with Gasteiger partial charge in [0.15, 0.2) is 0 Å². The van der Waals surface area contributed by atoms with E-state index in [-0.39, 0.29) is 0 Å². The smallest absolute Gasteiger partial charge is 0.119 e. The Hall–Kier alpha value is -1.80. The lowest BCUT2D eigenvalue weighted by atomic mass is 10.0. The van der Waals surface area contributed by atoms with Gasteiger partial charge in [0.05, 0.1) is 6.61 Å². The standard InChI is InChI=1S/C21H28O2/c1-3-5-6-7-18-8-10-19(11-9-18)20-12-14-21(15-13-20)23-17-16-22-4-2/h8-15H,3-7,16-17H2,1-2H3. The molecule has 124 valence electrons. The van der Waals surface area contributed by atoms with Crippen LogP contribution in [0.4, 0.5) is 0 Å². The molecular formula is C21H28O2. The summed E-state index contributed by atoms with van der Waals surface area (Å²) >= 11 is 0. The summed E-state index contributed by atoms with van der Waals surface area (Å²) < 4.78 is 10.9. The Morgan fingerprint density at radius 1 is 0.739 bits per heavy atom. The van der Waals surface area contributed by atoms with Crippen LogP contribution in [0.5, 0.6) is 5.75 Å². The fourth-order valence-corrected chi connectivity index (χ4v) is 2.55. The number of hydrogen-bond donors (Lipinski definition) is 0. The SMILES string of the molecule is CCCCCc1ccc(-c2ccc(OCCOCC)cc2)cc1. The fraction of sp³-hybridized carbons (Fsp3) is 0.429. The minimum absolute atomic E-state index is 0.597. The lowest BCUT2D eigenvalue weighted by Crippen LogP contribution is -2.06. The highest BCUT2D eigenvalue weighted by Crippen LogP contribution is 2.23. The summed E-state index contributed by atoms with van der Waals surface area (Å²) in [4.78, 5) is 0. The first-order valence-electron chi connectivity index (χ1n) is 8.73. The molecule has 23 heavy (non-hydrogen) atoms. The highest BCUT2D eigenvalue weighted by molar-refractivity contribution is 5.64. The highest BCUT2D eigenvalue weighted by atomic mass is 16.5. The Balaban J connectivity index is 1.88. The Morgan fingerprint density at radius 3 is 2.00 bits per heavy atom. The second-order valence-electron chi connectivity index (χ2n) is 5.72. The largest absolute Gasteiger partial charge is 0.491 e. The van der Waals surface area contributed by atoms with Crippen molar-refractivity contribution in [3.05, 3.63) is 54.1 Å². The van der Waals surface area contributed by atoms with Gasteiger partial charge >= 0.3 is 0 Å². The van der Waals surface area contributed by atoms with Crippen molar-refractivity contribution in [3.63, 3.8) is 0 Å². The van der Waals surface area contributed by atoms with Crippen LogP contribution in [-0.4, -0.2) is 19.8 Å². The van der Waals surface area contributed by atoms with E-state index in [0.29, 0.717) is 13.2 Å². The van der Waals surface area contributed by atoms with Crippen LogP contribution in [0.3, 0.4) is 0 Å². The molecule has 0 amide bonds. The van der Waals surface area contributed by atoms with Crippen LogP contribution in [0.2, 0.25) is 0 Å². The molecule has 0 atom stereocenters. The maximum Gasteiger partial charge on any atom is 0.119 e. The van der Waals surface area contributed by atoms with Crippen LogP contribution >= 0.6 is 0 Å². The Kier molecular flexibility index (Phi) is 7.68. The van der Waals surface area contributed by atoms with Crippen LogP contribution in [0, 0.1) is 0 Å². The van der Waals surface area contributed by atoms with Crippen LogP contribution < -0.4 is 4.74 Å². The predicted octanol–water partition coefficient (Wildman–Crippen LogP) is 5.50. The van der Waals surface area contributed by atoms with Gasteiger partial charge in [-0.3, -0.25) is 0 Å². The van der Waals surface area contributed by atoms with E-state index in [0.717, 1.165) is 12.4 Å². The molecule has 2 aromatic carbocycles. The molecule has 0 N–H and O–H groups in total. The maximum absolute atomic E-state index is 5.65. The van der Waals surface area contributed by atoms with Crippen LogP contribution in [-0.2, 0) is 11.2 Å². The molecule has 2 aromatic rings. The monoisotopic (exact) mass is 312 g/mol. The van der Waals surface area contributed by atoms with E-state index >= 15 is 0 Å². The molecule has 2 nitrogen and oxygen atoms in total. The Morgan fingerprint density at radius 2 is 1.39 bits per heavy atom. The van der Waals surface area contributed by atoms with Gasteiger partial charge < -0.3 is 9.47 Å². The first-order valence-corrected chi connectivity index (χ1v) is 8.73. The molecule has 0 unspecified atom stereocenters. The fourth-order valence-electron chi connectivity index (χ4n) is 2.55. The second kappa shape index (κ2) is 10.1. The molecule has 0 aromatic heterocycles. The number of ether oxygens (including phenoxy) is 2. The zero-order chi connectivity index (χ0) is 16.3. The van der Waals surface area contributed by atoms with Gasteiger partial charge in [-0.15, -0.1) is 0 Å². The van der Waals surface area contributed by atoms with Crippen LogP contribution in [0.25, 0.3) is 11.1 Å². The third-order valence-corrected chi connectivity index (χ3v) is 3.91. The highest BCUT2D eigenvalue weighted by Gasteiger charge is 2.00. The van der Waals surface area contributed by atoms with Gasteiger partial charge in [-0.2, -0.15) is 0 Å². The van der Waals surface area contributed by atoms with Crippen molar-refractivity contribution in [3.8, 4) is 16.9 Å². The molecule has 0 aliphatic carbocycles. The Bertz CT molecular complexity index is 543. The molecule has 0 heterocycles. The molecule has 0 saturated carbocycles. The molecule has 0 aliphatic rings. The summed E-state index contributed by atoms with van der Waals surface area (Å²) in [6.45, 7) is 6.20. The van der Waals surface area contributed by atoms with E-state index in [9.17, 15) is 0 Å². The molecule has 0 saturated heterocycles. The van der Waals surface area contributed by atoms with Crippen molar-refractivity contribution < 1.29 is 9.47 Å². The summed E-state index contributed by atoms with van der Waals surface area (Å²) in [7, 11) is 0. The van der Waals surface area contributed by atoms with Crippen molar-refractivity contribution in [2.24, 2.45) is 0 Å². The summed E-state index contributed by atoms with van der Waals surface area (Å²) in [5.41, 5.74) is 3.91. The zero-order valence-electron chi connectivity index (χ0n) is 14.4. The molecule has 0 radical (unpaired) electrons. The van der Waals surface area contributed by atoms with E-state index < -0.39 is 0 Å². The zero-order valence-corrected chi connectivity index (χ0v) is 14.4. The molecule has 2 rings (SSSR count). The van der Waals surface area contributed by atoms with Gasteiger partial charge in [0, 0.05) is 6.61 Å². The molecule has 0 aliphatic heterocycles. The van der Waals surface area contributed by atoms with Crippen molar-refractivity contribution in [2.75, 3.05) is 19.8 Å². The van der Waals surface area contributed by atoms with Gasteiger partial charge in [-0.1, -0.05) is 56.2 Å². The molecule has 0 bridgehead atoms. The van der Waals surface area contributed by atoms with Gasteiger partial charge in [-0.05, 0) is 48.6 Å².